The van der Waals surface area contributed by atoms with Crippen LogP contribution in [0.1, 0.15) is 72.1 Å². The van der Waals surface area contributed by atoms with Crippen molar-refractivity contribution in [3.8, 4) is 0 Å². The Morgan fingerprint density at radius 2 is 1.96 bits per heavy atom. The first kappa shape index (κ1) is 16.2. The van der Waals surface area contributed by atoms with Gasteiger partial charge in [-0.25, -0.2) is 0 Å². The van der Waals surface area contributed by atoms with Gasteiger partial charge in [-0.3, -0.25) is 4.90 Å². The number of fused-ring (bicyclic) bond motifs is 5. The fourth-order valence-corrected chi connectivity index (χ4v) is 7.74. The zero-order valence-electron chi connectivity index (χ0n) is 15.9. The summed E-state index contributed by atoms with van der Waals surface area (Å²) in [6.45, 7) is 8.79. The Hall–Kier alpha value is -0.300. The van der Waals surface area contributed by atoms with E-state index in [4.69, 9.17) is 0 Å². The van der Waals surface area contributed by atoms with Crippen LogP contribution in [0.3, 0.4) is 0 Å². The first-order chi connectivity index (χ1) is 11.0. The molecule has 3 saturated carbocycles. The van der Waals surface area contributed by atoms with Gasteiger partial charge in [0.1, 0.15) is 0 Å². The van der Waals surface area contributed by atoms with Crippen molar-refractivity contribution in [1.29, 1.82) is 0 Å². The average molecular weight is 316 g/mol. The van der Waals surface area contributed by atoms with Crippen LogP contribution in [0.5, 0.6) is 0 Å². The number of nitrogens with zero attached hydrogens (tertiary/aromatic N) is 1. The molecule has 0 saturated heterocycles. The van der Waals surface area contributed by atoms with Crippen molar-refractivity contribution in [3.05, 3.63) is 12.2 Å². The molecule has 1 heteroatoms. The molecule has 0 aromatic carbocycles. The number of hydrogen-bond donors (Lipinski definition) is 0. The third-order valence-electron chi connectivity index (χ3n) is 8.69. The summed E-state index contributed by atoms with van der Waals surface area (Å²) >= 11 is 0. The van der Waals surface area contributed by atoms with Gasteiger partial charge in [0.05, 0.1) is 0 Å². The van der Waals surface area contributed by atoms with Gasteiger partial charge in [0.15, 0.2) is 0 Å². The van der Waals surface area contributed by atoms with Gasteiger partial charge in [0, 0.05) is 18.0 Å². The Bertz CT molecular complexity index is 482. The maximum Gasteiger partial charge on any atom is 0.0187 e. The Kier molecular flexibility index (Phi) is 3.95. The standard InChI is InChI=1S/C22H37N/c1-5-7-16-14-19-17-8-9-20-22(3,11-6-13-23(20)4)18(17)10-12-21(19,2)15-16/h6,11,16-20H,5,7-10,12-15H2,1-4H3/t16-,17+,18-,19-,20?,21+,22+/m0/s1. The van der Waals surface area contributed by atoms with E-state index in [0.29, 0.717) is 10.8 Å². The van der Waals surface area contributed by atoms with E-state index in [2.05, 4.69) is 44.9 Å². The summed E-state index contributed by atoms with van der Waals surface area (Å²) in [5, 5.41) is 0. The van der Waals surface area contributed by atoms with E-state index >= 15 is 0 Å². The van der Waals surface area contributed by atoms with Gasteiger partial charge in [0.2, 0.25) is 0 Å². The highest BCUT2D eigenvalue weighted by Crippen LogP contribution is 2.65. The molecule has 4 aliphatic rings. The number of rotatable bonds is 2. The lowest BCUT2D eigenvalue weighted by molar-refractivity contribution is -0.0771. The molecular weight excluding hydrogens is 278 g/mol. The molecule has 4 rings (SSSR count). The summed E-state index contributed by atoms with van der Waals surface area (Å²) < 4.78 is 0. The molecule has 1 heterocycles. The Morgan fingerprint density at radius 3 is 2.74 bits per heavy atom. The van der Waals surface area contributed by atoms with E-state index in [1.807, 2.05) is 0 Å². The summed E-state index contributed by atoms with van der Waals surface area (Å²) in [7, 11) is 2.35. The van der Waals surface area contributed by atoms with Crippen molar-refractivity contribution in [3.63, 3.8) is 0 Å². The molecule has 0 bridgehead atoms. The van der Waals surface area contributed by atoms with Crippen LogP contribution in [0, 0.1) is 34.5 Å². The topological polar surface area (TPSA) is 3.24 Å². The van der Waals surface area contributed by atoms with E-state index in [9.17, 15) is 0 Å². The zero-order chi connectivity index (χ0) is 16.2. The highest BCUT2D eigenvalue weighted by atomic mass is 15.1. The van der Waals surface area contributed by atoms with E-state index in [0.717, 1.165) is 36.3 Å². The molecule has 0 spiro atoms. The summed E-state index contributed by atoms with van der Waals surface area (Å²) in [4.78, 5) is 2.64. The molecule has 130 valence electrons. The van der Waals surface area contributed by atoms with Crippen molar-refractivity contribution in [1.82, 2.24) is 4.90 Å². The molecule has 0 aromatic heterocycles. The number of likely N-dealkylation sites (N-methyl/N-ethyl adjacent to an activating group) is 1. The normalized spacial score (nSPS) is 52.8. The molecule has 3 aliphatic carbocycles. The Balaban J connectivity index is 1.61. The lowest BCUT2D eigenvalue weighted by atomic mass is 9.48. The van der Waals surface area contributed by atoms with Crippen molar-refractivity contribution >= 4 is 0 Å². The summed E-state index contributed by atoms with van der Waals surface area (Å²) in [6.07, 6.45) is 17.0. The summed E-state index contributed by atoms with van der Waals surface area (Å²) in [6, 6.07) is 0.797. The van der Waals surface area contributed by atoms with Crippen molar-refractivity contribution < 1.29 is 0 Å². The molecule has 1 unspecified atom stereocenters. The van der Waals surface area contributed by atoms with E-state index in [-0.39, 0.29) is 0 Å². The van der Waals surface area contributed by atoms with E-state index < -0.39 is 0 Å². The van der Waals surface area contributed by atoms with Gasteiger partial charge in [-0.05, 0) is 74.7 Å². The second-order valence-corrected chi connectivity index (χ2v) is 9.97. The fourth-order valence-electron chi connectivity index (χ4n) is 7.74. The second-order valence-electron chi connectivity index (χ2n) is 9.97. The minimum absolute atomic E-state index is 0.445. The van der Waals surface area contributed by atoms with Crippen LogP contribution >= 0.6 is 0 Å². The SMILES string of the molecule is CCC[C@H]1C[C@H]2[C@@H]3CCC4N(C)CC=C[C@]4(C)[C@H]3CC[C@]2(C)C1. The van der Waals surface area contributed by atoms with Gasteiger partial charge in [-0.2, -0.15) is 0 Å². The van der Waals surface area contributed by atoms with Crippen LogP contribution in [0.2, 0.25) is 0 Å². The molecule has 0 N–H and O–H groups in total. The van der Waals surface area contributed by atoms with Crippen molar-refractivity contribution in [2.24, 2.45) is 34.5 Å². The minimum Gasteiger partial charge on any atom is -0.299 e. The first-order valence-corrected chi connectivity index (χ1v) is 10.4. The molecule has 0 aromatic rings. The highest BCUT2D eigenvalue weighted by molar-refractivity contribution is 5.17. The predicted octanol–water partition coefficient (Wildman–Crippen LogP) is 5.52. The van der Waals surface area contributed by atoms with Gasteiger partial charge >= 0.3 is 0 Å². The maximum atomic E-state index is 2.65. The maximum absolute atomic E-state index is 2.65. The van der Waals surface area contributed by atoms with Crippen LogP contribution in [0.25, 0.3) is 0 Å². The molecule has 7 atom stereocenters. The largest absolute Gasteiger partial charge is 0.299 e. The molecule has 0 radical (unpaired) electrons. The average Bonchev–Trinajstić information content (AvgIpc) is 2.84. The molecule has 1 aliphatic heterocycles. The predicted molar refractivity (Wildman–Crippen MR) is 98.3 cm³/mol. The first-order valence-electron chi connectivity index (χ1n) is 10.4. The Labute approximate surface area is 143 Å². The monoisotopic (exact) mass is 315 g/mol. The molecule has 23 heavy (non-hydrogen) atoms. The molecular formula is C22H37N. The van der Waals surface area contributed by atoms with Crippen LogP contribution in [-0.2, 0) is 0 Å². The third-order valence-corrected chi connectivity index (χ3v) is 8.69. The summed E-state index contributed by atoms with van der Waals surface area (Å²) in [5.74, 6) is 4.01. The smallest absolute Gasteiger partial charge is 0.0187 e. The quantitative estimate of drug-likeness (QED) is 0.607. The zero-order valence-corrected chi connectivity index (χ0v) is 15.9. The van der Waals surface area contributed by atoms with Crippen LogP contribution in [0.15, 0.2) is 12.2 Å². The highest BCUT2D eigenvalue weighted by Gasteiger charge is 2.58. The van der Waals surface area contributed by atoms with Gasteiger partial charge in [0.25, 0.3) is 0 Å². The van der Waals surface area contributed by atoms with Crippen LogP contribution in [0.4, 0.5) is 0 Å². The fraction of sp³-hybridized carbons (Fsp3) is 0.909. The van der Waals surface area contributed by atoms with Crippen LogP contribution in [-0.4, -0.2) is 24.5 Å². The van der Waals surface area contributed by atoms with Gasteiger partial charge < -0.3 is 0 Å². The van der Waals surface area contributed by atoms with Gasteiger partial charge in [-0.1, -0.05) is 45.8 Å². The number of hydrogen-bond acceptors (Lipinski definition) is 1. The second kappa shape index (κ2) is 5.61. The van der Waals surface area contributed by atoms with Crippen molar-refractivity contribution in [2.75, 3.05) is 13.6 Å². The lowest BCUT2D eigenvalue weighted by Gasteiger charge is -2.60. The lowest BCUT2D eigenvalue weighted by Crippen LogP contribution is -2.58. The van der Waals surface area contributed by atoms with E-state index in [1.54, 1.807) is 6.42 Å². The third kappa shape index (κ3) is 2.36. The van der Waals surface area contributed by atoms with Crippen LogP contribution < -0.4 is 0 Å². The van der Waals surface area contributed by atoms with Gasteiger partial charge in [-0.15, -0.1) is 0 Å². The molecule has 1 nitrogen and oxygen atoms in total. The molecule has 3 fully saturated rings. The summed E-state index contributed by atoms with van der Waals surface area (Å²) in [5.41, 5.74) is 1.12. The molecule has 0 amide bonds. The Morgan fingerprint density at radius 1 is 1.13 bits per heavy atom. The van der Waals surface area contributed by atoms with E-state index in [1.165, 1.54) is 44.9 Å². The van der Waals surface area contributed by atoms with Crippen molar-refractivity contribution in [2.45, 2.75) is 78.2 Å². The minimum atomic E-state index is 0.445.